The summed E-state index contributed by atoms with van der Waals surface area (Å²) in [5, 5.41) is 3.05. The first-order valence-electron chi connectivity index (χ1n) is 12.2. The zero-order valence-corrected chi connectivity index (χ0v) is 21.2. The maximum Gasteiger partial charge on any atom is 0.408 e. The van der Waals surface area contributed by atoms with Gasteiger partial charge in [0.1, 0.15) is 23.1 Å². The van der Waals surface area contributed by atoms with Gasteiger partial charge in [-0.3, -0.25) is 0 Å². The minimum Gasteiger partial charge on any atom is -0.444 e. The fourth-order valence-electron chi connectivity index (χ4n) is 4.49. The Morgan fingerprint density at radius 1 is 1.17 bits per heavy atom. The van der Waals surface area contributed by atoms with E-state index in [1.165, 1.54) is 0 Å². The fraction of sp³-hybridized carbons (Fsp3) is 0.429. The summed E-state index contributed by atoms with van der Waals surface area (Å²) in [6.45, 7) is 9.04. The summed E-state index contributed by atoms with van der Waals surface area (Å²) in [6, 6.07) is 12.5. The van der Waals surface area contributed by atoms with Crippen molar-refractivity contribution in [3.8, 4) is 11.3 Å². The van der Waals surface area contributed by atoms with E-state index in [2.05, 4.69) is 12.2 Å². The van der Waals surface area contributed by atoms with Crippen molar-refractivity contribution in [3.05, 3.63) is 77.8 Å². The lowest BCUT2D eigenvalue weighted by Gasteiger charge is -2.40. The number of hydrogen-bond acceptors (Lipinski definition) is 4. The summed E-state index contributed by atoms with van der Waals surface area (Å²) < 4.78 is 41.9. The highest BCUT2D eigenvalue weighted by atomic mass is 19.1. The Morgan fingerprint density at radius 2 is 1.86 bits per heavy atom. The van der Waals surface area contributed by atoms with Gasteiger partial charge in [-0.2, -0.15) is 0 Å². The van der Waals surface area contributed by atoms with Crippen LogP contribution in [0.1, 0.15) is 58.0 Å². The Hall–Kier alpha value is -3.26. The maximum atomic E-state index is 14.7. The number of carbonyl (C=O) groups excluding carboxylic acids is 1. The number of carbonyl (C=O) groups is 1. The van der Waals surface area contributed by atoms with E-state index in [0.717, 1.165) is 23.8 Å². The number of amides is 1. The summed E-state index contributed by atoms with van der Waals surface area (Å²) in [5.74, 6) is -0.570. The van der Waals surface area contributed by atoms with Gasteiger partial charge in [0.25, 0.3) is 0 Å². The normalized spacial score (nSPS) is 16.4. The molecule has 1 saturated heterocycles. The molecule has 1 amide bonds. The number of nitrogens with one attached hydrogen (secondary N) is 1. The summed E-state index contributed by atoms with van der Waals surface area (Å²) in [7, 11) is 0. The van der Waals surface area contributed by atoms with E-state index in [0.29, 0.717) is 44.1 Å². The predicted molar refractivity (Wildman–Crippen MR) is 133 cm³/mol. The fourth-order valence-corrected chi connectivity index (χ4v) is 4.49. The molecule has 0 spiro atoms. The molecule has 192 valence electrons. The molecule has 4 rings (SSSR count). The molecule has 1 aliphatic rings. The van der Waals surface area contributed by atoms with Crippen molar-refractivity contribution in [3.63, 3.8) is 0 Å². The SMILES string of the molecule is CC(C)(C)OC(=O)N[C@@H](c1nc(-c2cc(F)ccc2F)cn1Cc1ccccc1)C1(C)CCOCC1. The lowest BCUT2D eigenvalue weighted by Crippen LogP contribution is -2.45. The average Bonchev–Trinajstić information content (AvgIpc) is 3.22. The molecule has 2 heterocycles. The maximum absolute atomic E-state index is 14.7. The molecule has 2 aromatic carbocycles. The summed E-state index contributed by atoms with van der Waals surface area (Å²) in [5.41, 5.74) is 0.295. The second kappa shape index (κ2) is 10.4. The standard InChI is InChI=1S/C28H33F2N3O3/c1-27(2,3)36-26(34)32-24(28(4)12-14-35-15-13-28)25-31-23(21-16-20(29)10-11-22(21)30)18-33(25)17-19-8-6-5-7-9-19/h5-11,16,18,24H,12-15,17H2,1-4H3,(H,32,34)/t24-/m0/s1. The molecule has 0 unspecified atom stereocenters. The van der Waals surface area contributed by atoms with Gasteiger partial charge in [-0.05, 0) is 62.8 Å². The second-order valence-electron chi connectivity index (χ2n) is 10.6. The molecule has 6 nitrogen and oxygen atoms in total. The van der Waals surface area contributed by atoms with Crippen LogP contribution in [0.2, 0.25) is 0 Å². The van der Waals surface area contributed by atoms with Crippen molar-refractivity contribution < 1.29 is 23.0 Å². The van der Waals surface area contributed by atoms with E-state index >= 15 is 0 Å². The first-order valence-corrected chi connectivity index (χ1v) is 12.2. The first-order chi connectivity index (χ1) is 17.0. The third kappa shape index (κ3) is 6.10. The van der Waals surface area contributed by atoms with Crippen molar-refractivity contribution in [2.75, 3.05) is 13.2 Å². The summed E-state index contributed by atoms with van der Waals surface area (Å²) >= 11 is 0. The third-order valence-corrected chi connectivity index (χ3v) is 6.46. The number of benzene rings is 2. The van der Waals surface area contributed by atoms with Crippen LogP contribution in [0.3, 0.4) is 0 Å². The molecule has 0 bridgehead atoms. The van der Waals surface area contributed by atoms with Crippen LogP contribution in [0.25, 0.3) is 11.3 Å². The van der Waals surface area contributed by atoms with Crippen LogP contribution in [-0.2, 0) is 16.0 Å². The minimum absolute atomic E-state index is 0.0659. The first kappa shape index (κ1) is 25.8. The summed E-state index contributed by atoms with van der Waals surface area (Å²) in [6.07, 6.45) is 2.53. The van der Waals surface area contributed by atoms with Gasteiger partial charge in [-0.15, -0.1) is 0 Å². The van der Waals surface area contributed by atoms with E-state index in [9.17, 15) is 13.6 Å². The number of nitrogens with zero attached hydrogens (tertiary/aromatic N) is 2. The lowest BCUT2D eigenvalue weighted by atomic mass is 9.75. The predicted octanol–water partition coefficient (Wildman–Crippen LogP) is 6.26. The number of hydrogen-bond donors (Lipinski definition) is 1. The molecule has 1 atom stereocenters. The number of alkyl carbamates (subject to hydrolysis) is 1. The molecule has 0 radical (unpaired) electrons. The smallest absolute Gasteiger partial charge is 0.408 e. The molecule has 0 aliphatic carbocycles. The van der Waals surface area contributed by atoms with Crippen LogP contribution in [0.5, 0.6) is 0 Å². The minimum atomic E-state index is -0.680. The van der Waals surface area contributed by atoms with Gasteiger partial charge in [0.15, 0.2) is 0 Å². The summed E-state index contributed by atoms with van der Waals surface area (Å²) in [4.78, 5) is 17.8. The number of imidazole rings is 1. The molecular formula is C28H33F2N3O3. The molecule has 0 saturated carbocycles. The molecule has 36 heavy (non-hydrogen) atoms. The molecule has 3 aromatic rings. The Balaban J connectivity index is 1.82. The van der Waals surface area contributed by atoms with Crippen molar-refractivity contribution in [1.82, 2.24) is 14.9 Å². The van der Waals surface area contributed by atoms with Crippen LogP contribution in [-0.4, -0.2) is 34.5 Å². The van der Waals surface area contributed by atoms with E-state index in [-0.39, 0.29) is 5.56 Å². The highest BCUT2D eigenvalue weighted by Gasteiger charge is 2.41. The molecular weight excluding hydrogens is 464 g/mol. The van der Waals surface area contributed by atoms with Gasteiger partial charge in [0.2, 0.25) is 0 Å². The van der Waals surface area contributed by atoms with Gasteiger partial charge < -0.3 is 19.4 Å². The average molecular weight is 498 g/mol. The molecule has 8 heteroatoms. The zero-order valence-electron chi connectivity index (χ0n) is 21.2. The molecule has 1 aliphatic heterocycles. The Kier molecular flexibility index (Phi) is 7.45. The van der Waals surface area contributed by atoms with Crippen LogP contribution < -0.4 is 5.32 Å². The molecule has 1 fully saturated rings. The van der Waals surface area contributed by atoms with Crippen molar-refractivity contribution in [2.24, 2.45) is 5.41 Å². The number of ether oxygens (including phenoxy) is 2. The van der Waals surface area contributed by atoms with Crippen molar-refractivity contribution in [2.45, 2.75) is 58.7 Å². The van der Waals surface area contributed by atoms with Crippen LogP contribution >= 0.6 is 0 Å². The van der Waals surface area contributed by atoms with Gasteiger partial charge in [-0.25, -0.2) is 18.6 Å². The van der Waals surface area contributed by atoms with Crippen molar-refractivity contribution in [1.29, 1.82) is 0 Å². The second-order valence-corrected chi connectivity index (χ2v) is 10.6. The van der Waals surface area contributed by atoms with Crippen LogP contribution in [0.15, 0.2) is 54.7 Å². The monoisotopic (exact) mass is 497 g/mol. The topological polar surface area (TPSA) is 65.4 Å². The van der Waals surface area contributed by atoms with Crippen molar-refractivity contribution >= 4 is 6.09 Å². The van der Waals surface area contributed by atoms with Gasteiger partial charge in [0.05, 0.1) is 11.7 Å². The molecule has 1 aromatic heterocycles. The van der Waals surface area contributed by atoms with E-state index in [1.54, 1.807) is 27.0 Å². The van der Waals surface area contributed by atoms with Crippen LogP contribution in [0.4, 0.5) is 13.6 Å². The third-order valence-electron chi connectivity index (χ3n) is 6.46. The number of rotatable bonds is 6. The van der Waals surface area contributed by atoms with Gasteiger partial charge in [-0.1, -0.05) is 37.3 Å². The van der Waals surface area contributed by atoms with Gasteiger partial charge in [0, 0.05) is 31.5 Å². The highest BCUT2D eigenvalue weighted by molar-refractivity contribution is 5.68. The van der Waals surface area contributed by atoms with E-state index in [1.807, 2.05) is 34.9 Å². The Bertz CT molecular complexity index is 1200. The number of halogens is 2. The largest absolute Gasteiger partial charge is 0.444 e. The van der Waals surface area contributed by atoms with Crippen LogP contribution in [0, 0.1) is 17.0 Å². The van der Waals surface area contributed by atoms with E-state index in [4.69, 9.17) is 14.5 Å². The van der Waals surface area contributed by atoms with E-state index < -0.39 is 34.8 Å². The highest BCUT2D eigenvalue weighted by Crippen LogP contribution is 2.43. The Labute approximate surface area is 210 Å². The number of aromatic nitrogens is 2. The van der Waals surface area contributed by atoms with Gasteiger partial charge >= 0.3 is 6.09 Å². The lowest BCUT2D eigenvalue weighted by molar-refractivity contribution is -0.00483. The Morgan fingerprint density at radius 3 is 2.53 bits per heavy atom. The molecule has 1 N–H and O–H groups in total. The quantitative estimate of drug-likeness (QED) is 0.437. The zero-order chi connectivity index (χ0) is 25.9.